The van der Waals surface area contributed by atoms with Crippen molar-refractivity contribution >= 4 is 17.5 Å². The zero-order chi connectivity index (χ0) is 17.2. The van der Waals surface area contributed by atoms with Crippen molar-refractivity contribution in [3.8, 4) is 5.75 Å². The summed E-state index contributed by atoms with van der Waals surface area (Å²) in [6, 6.07) is 7.24. The normalized spacial score (nSPS) is 14.0. The van der Waals surface area contributed by atoms with E-state index in [2.05, 4.69) is 10.6 Å². The molecule has 1 heterocycles. The summed E-state index contributed by atoms with van der Waals surface area (Å²) >= 11 is 0. The fourth-order valence-electron chi connectivity index (χ4n) is 2.43. The Morgan fingerprint density at radius 1 is 1.21 bits per heavy atom. The number of hydrogen-bond acceptors (Lipinski definition) is 5. The molecular formula is C17H25N3O4. The lowest BCUT2D eigenvalue weighted by Gasteiger charge is -2.16. The molecule has 0 spiro atoms. The average Bonchev–Trinajstić information content (AvgIpc) is 3.02. The van der Waals surface area contributed by atoms with E-state index in [4.69, 9.17) is 9.47 Å². The molecule has 2 N–H and O–H groups in total. The van der Waals surface area contributed by atoms with E-state index in [0.717, 1.165) is 25.2 Å². The molecule has 24 heavy (non-hydrogen) atoms. The molecule has 0 unspecified atom stereocenters. The summed E-state index contributed by atoms with van der Waals surface area (Å²) in [6.45, 7) is 3.38. The Kier molecular flexibility index (Phi) is 7.51. The number of nitrogens with zero attached hydrogens (tertiary/aromatic N) is 1. The molecule has 1 fully saturated rings. The number of rotatable bonds is 10. The highest BCUT2D eigenvalue weighted by Gasteiger charge is 2.21. The van der Waals surface area contributed by atoms with E-state index in [1.54, 1.807) is 24.1 Å². The first-order chi connectivity index (χ1) is 11.7. The number of carbonyl (C=O) groups excluding carboxylic acids is 2. The number of carbonyl (C=O) groups is 2. The maximum absolute atomic E-state index is 11.7. The van der Waals surface area contributed by atoms with Crippen molar-refractivity contribution in [2.45, 2.75) is 12.8 Å². The number of nitrogens with one attached hydrogen (secondary N) is 2. The van der Waals surface area contributed by atoms with E-state index in [9.17, 15) is 9.59 Å². The van der Waals surface area contributed by atoms with Gasteiger partial charge in [0.25, 0.3) is 5.91 Å². The first-order valence-electron chi connectivity index (χ1n) is 8.20. The first-order valence-corrected chi connectivity index (χ1v) is 8.20. The first kappa shape index (κ1) is 18.2. The standard InChI is InChI=1S/C17H25N3O4/c1-23-12-10-18-8-9-19-16(21)13-24-15-6-4-14(5-7-15)20-11-2-3-17(20)22/h4-7,18H,2-3,8-13H2,1H3,(H,19,21). The summed E-state index contributed by atoms with van der Waals surface area (Å²) in [5.41, 5.74) is 0.872. The maximum atomic E-state index is 11.7. The smallest absolute Gasteiger partial charge is 0.257 e. The van der Waals surface area contributed by atoms with Gasteiger partial charge in [0.2, 0.25) is 5.91 Å². The molecule has 0 bridgehead atoms. The molecule has 2 rings (SSSR count). The highest BCUT2D eigenvalue weighted by atomic mass is 16.5. The molecule has 7 nitrogen and oxygen atoms in total. The Bertz CT molecular complexity index is 533. The molecule has 0 saturated carbocycles. The molecule has 1 saturated heterocycles. The second-order valence-electron chi connectivity index (χ2n) is 5.52. The second kappa shape index (κ2) is 9.89. The molecule has 0 atom stereocenters. The van der Waals surface area contributed by atoms with E-state index in [1.165, 1.54) is 0 Å². The summed E-state index contributed by atoms with van der Waals surface area (Å²) in [5, 5.41) is 5.91. The Balaban J connectivity index is 1.65. The van der Waals surface area contributed by atoms with Gasteiger partial charge in [0.15, 0.2) is 6.61 Å². The van der Waals surface area contributed by atoms with Crippen molar-refractivity contribution < 1.29 is 19.1 Å². The minimum Gasteiger partial charge on any atom is -0.484 e. The molecule has 1 aliphatic rings. The van der Waals surface area contributed by atoms with Crippen LogP contribution in [0.2, 0.25) is 0 Å². The van der Waals surface area contributed by atoms with Gasteiger partial charge in [0.1, 0.15) is 5.75 Å². The quantitative estimate of drug-likeness (QED) is 0.610. The Morgan fingerprint density at radius 3 is 2.67 bits per heavy atom. The number of hydrogen-bond donors (Lipinski definition) is 2. The zero-order valence-electron chi connectivity index (χ0n) is 14.0. The fourth-order valence-corrected chi connectivity index (χ4v) is 2.43. The Hall–Kier alpha value is -2.12. The van der Waals surface area contributed by atoms with Crippen LogP contribution in [0.4, 0.5) is 5.69 Å². The van der Waals surface area contributed by atoms with Crippen LogP contribution in [-0.4, -0.2) is 58.3 Å². The van der Waals surface area contributed by atoms with Crippen molar-refractivity contribution in [2.24, 2.45) is 0 Å². The van der Waals surface area contributed by atoms with Gasteiger partial charge < -0.3 is 25.0 Å². The molecule has 7 heteroatoms. The molecule has 1 aliphatic heterocycles. The topological polar surface area (TPSA) is 79.9 Å². The van der Waals surface area contributed by atoms with Crippen LogP contribution in [-0.2, 0) is 14.3 Å². The molecule has 0 aromatic heterocycles. The number of benzene rings is 1. The predicted octanol–water partition coefficient (Wildman–Crippen LogP) is 0.544. The second-order valence-corrected chi connectivity index (χ2v) is 5.52. The SMILES string of the molecule is COCCNCCNC(=O)COc1ccc(N2CCCC2=O)cc1. The average molecular weight is 335 g/mol. The highest BCUT2D eigenvalue weighted by molar-refractivity contribution is 5.95. The van der Waals surface area contributed by atoms with E-state index < -0.39 is 0 Å². The molecule has 132 valence electrons. The van der Waals surface area contributed by atoms with Gasteiger partial charge in [-0.2, -0.15) is 0 Å². The van der Waals surface area contributed by atoms with Crippen LogP contribution in [0, 0.1) is 0 Å². The maximum Gasteiger partial charge on any atom is 0.257 e. The number of amides is 2. The van der Waals surface area contributed by atoms with Crippen molar-refractivity contribution in [2.75, 3.05) is 51.4 Å². The minimum absolute atomic E-state index is 0.0277. The van der Waals surface area contributed by atoms with Crippen molar-refractivity contribution in [1.82, 2.24) is 10.6 Å². The van der Waals surface area contributed by atoms with Gasteiger partial charge in [-0.05, 0) is 30.7 Å². The summed E-state index contributed by atoms with van der Waals surface area (Å²) in [5.74, 6) is 0.600. The number of anilines is 1. The third kappa shape index (κ3) is 5.82. The minimum atomic E-state index is -0.165. The van der Waals surface area contributed by atoms with Crippen LogP contribution in [0.1, 0.15) is 12.8 Å². The molecule has 2 amide bonds. The Morgan fingerprint density at radius 2 is 2.00 bits per heavy atom. The van der Waals surface area contributed by atoms with Crippen LogP contribution in [0.5, 0.6) is 5.75 Å². The largest absolute Gasteiger partial charge is 0.484 e. The lowest BCUT2D eigenvalue weighted by Crippen LogP contribution is -2.35. The van der Waals surface area contributed by atoms with Crippen molar-refractivity contribution in [3.05, 3.63) is 24.3 Å². The number of methoxy groups -OCH3 is 1. The summed E-state index contributed by atoms with van der Waals surface area (Å²) in [7, 11) is 1.65. The van der Waals surface area contributed by atoms with E-state index in [0.29, 0.717) is 31.9 Å². The van der Waals surface area contributed by atoms with Crippen molar-refractivity contribution in [1.29, 1.82) is 0 Å². The monoisotopic (exact) mass is 335 g/mol. The lowest BCUT2D eigenvalue weighted by molar-refractivity contribution is -0.123. The third-order valence-corrected chi connectivity index (χ3v) is 3.70. The molecule has 0 radical (unpaired) electrons. The van der Waals surface area contributed by atoms with Crippen LogP contribution in [0.3, 0.4) is 0 Å². The highest BCUT2D eigenvalue weighted by Crippen LogP contribution is 2.23. The van der Waals surface area contributed by atoms with Gasteiger partial charge in [-0.15, -0.1) is 0 Å². The van der Waals surface area contributed by atoms with E-state index >= 15 is 0 Å². The predicted molar refractivity (Wildman–Crippen MR) is 91.3 cm³/mol. The molecule has 0 aliphatic carbocycles. The Labute approximate surface area is 142 Å². The molecule has 1 aromatic carbocycles. The lowest BCUT2D eigenvalue weighted by atomic mass is 10.3. The molecule has 1 aromatic rings. The zero-order valence-corrected chi connectivity index (χ0v) is 14.0. The van der Waals surface area contributed by atoms with Gasteiger partial charge in [0, 0.05) is 45.4 Å². The van der Waals surface area contributed by atoms with Crippen LogP contribution >= 0.6 is 0 Å². The van der Waals surface area contributed by atoms with Gasteiger partial charge in [0.05, 0.1) is 6.61 Å². The van der Waals surface area contributed by atoms with E-state index in [1.807, 2.05) is 12.1 Å². The van der Waals surface area contributed by atoms with Gasteiger partial charge in [-0.25, -0.2) is 0 Å². The van der Waals surface area contributed by atoms with Crippen LogP contribution in [0.25, 0.3) is 0 Å². The summed E-state index contributed by atoms with van der Waals surface area (Å²) in [4.78, 5) is 25.1. The molecular weight excluding hydrogens is 310 g/mol. The van der Waals surface area contributed by atoms with E-state index in [-0.39, 0.29) is 18.4 Å². The summed E-state index contributed by atoms with van der Waals surface area (Å²) in [6.07, 6.45) is 1.51. The third-order valence-electron chi connectivity index (χ3n) is 3.70. The van der Waals surface area contributed by atoms with Gasteiger partial charge in [-0.1, -0.05) is 0 Å². The fraction of sp³-hybridized carbons (Fsp3) is 0.529. The van der Waals surface area contributed by atoms with Gasteiger partial charge in [-0.3, -0.25) is 9.59 Å². The van der Waals surface area contributed by atoms with Crippen LogP contribution in [0.15, 0.2) is 24.3 Å². The summed E-state index contributed by atoms with van der Waals surface area (Å²) < 4.78 is 10.4. The number of ether oxygens (including phenoxy) is 2. The van der Waals surface area contributed by atoms with Gasteiger partial charge >= 0.3 is 0 Å². The van der Waals surface area contributed by atoms with Crippen LogP contribution < -0.4 is 20.3 Å². The van der Waals surface area contributed by atoms with Crippen molar-refractivity contribution in [3.63, 3.8) is 0 Å².